The summed E-state index contributed by atoms with van der Waals surface area (Å²) >= 11 is 8.57. The molecule has 0 aliphatic carbocycles. The summed E-state index contributed by atoms with van der Waals surface area (Å²) < 4.78 is 0.898. The van der Waals surface area contributed by atoms with Crippen molar-refractivity contribution in [1.29, 1.82) is 0 Å². The van der Waals surface area contributed by atoms with E-state index in [-0.39, 0.29) is 16.9 Å². The molecular weight excluding hydrogens is 450 g/mol. The number of halogens is 1. The van der Waals surface area contributed by atoms with E-state index in [1.807, 2.05) is 48.5 Å². The second kappa shape index (κ2) is 8.14. The first kappa shape index (κ1) is 19.3. The predicted molar refractivity (Wildman–Crippen MR) is 121 cm³/mol. The lowest BCUT2D eigenvalue weighted by atomic mass is 10.1. The van der Waals surface area contributed by atoms with E-state index in [2.05, 4.69) is 26.6 Å². The van der Waals surface area contributed by atoms with Gasteiger partial charge in [-0.05, 0) is 72.4 Å². The van der Waals surface area contributed by atoms with Crippen molar-refractivity contribution in [3.8, 4) is 0 Å². The first-order chi connectivity index (χ1) is 14.0. The van der Waals surface area contributed by atoms with Crippen LogP contribution in [-0.2, 0) is 6.54 Å². The van der Waals surface area contributed by atoms with Crippen LogP contribution in [-0.4, -0.2) is 16.9 Å². The molecular formula is C22H16BrN3O2S. The summed E-state index contributed by atoms with van der Waals surface area (Å²) in [5.41, 5.74) is 3.81. The summed E-state index contributed by atoms with van der Waals surface area (Å²) in [6, 6.07) is 22.0. The Balaban J connectivity index is 1.38. The third kappa shape index (κ3) is 4.21. The number of amides is 2. The highest BCUT2D eigenvalue weighted by molar-refractivity contribution is 9.10. The van der Waals surface area contributed by atoms with E-state index in [9.17, 15) is 9.59 Å². The van der Waals surface area contributed by atoms with Gasteiger partial charge in [0.25, 0.3) is 11.8 Å². The molecule has 1 aliphatic rings. The highest BCUT2D eigenvalue weighted by Gasteiger charge is 2.27. The maximum atomic E-state index is 12.6. The number of nitrogens with zero attached hydrogens (tertiary/aromatic N) is 1. The van der Waals surface area contributed by atoms with E-state index >= 15 is 0 Å². The zero-order valence-corrected chi connectivity index (χ0v) is 17.6. The van der Waals surface area contributed by atoms with Gasteiger partial charge in [0.15, 0.2) is 5.11 Å². The molecule has 144 valence electrons. The molecule has 0 radical (unpaired) electrons. The third-order valence-corrected chi connectivity index (χ3v) is 5.32. The average Bonchev–Trinajstić information content (AvgIpc) is 3.06. The number of carbonyl (C=O) groups is 2. The summed E-state index contributed by atoms with van der Waals surface area (Å²) in [4.78, 5) is 26.5. The molecule has 3 aromatic carbocycles. The van der Waals surface area contributed by atoms with Crippen LogP contribution in [0.15, 0.2) is 77.3 Å². The Labute approximate surface area is 181 Å². The minimum absolute atomic E-state index is 0.00130. The lowest BCUT2D eigenvalue weighted by Gasteiger charge is -2.16. The summed E-state index contributed by atoms with van der Waals surface area (Å²) in [7, 11) is 0. The van der Waals surface area contributed by atoms with Crippen LogP contribution in [0.4, 0.5) is 11.4 Å². The summed E-state index contributed by atoms with van der Waals surface area (Å²) in [6.07, 6.45) is 0. The first-order valence-corrected chi connectivity index (χ1v) is 10.1. The molecule has 0 fully saturated rings. The average molecular weight is 466 g/mol. The van der Waals surface area contributed by atoms with Gasteiger partial charge in [0.2, 0.25) is 0 Å². The number of benzene rings is 3. The van der Waals surface area contributed by atoms with Gasteiger partial charge in [-0.2, -0.15) is 0 Å². The van der Waals surface area contributed by atoms with Gasteiger partial charge in [-0.3, -0.25) is 14.9 Å². The van der Waals surface area contributed by atoms with E-state index in [0.717, 1.165) is 27.0 Å². The number of carbonyl (C=O) groups excluding carboxylic acids is 2. The van der Waals surface area contributed by atoms with Gasteiger partial charge in [0.05, 0.1) is 6.54 Å². The SMILES string of the molecule is O=C(NC(=S)Nc1ccc(N2Cc3ccccc3C2=O)cc1)c1ccc(Br)cc1. The fourth-order valence-corrected chi connectivity index (χ4v) is 3.60. The number of rotatable bonds is 3. The van der Waals surface area contributed by atoms with Crippen molar-refractivity contribution in [3.05, 3.63) is 94.0 Å². The van der Waals surface area contributed by atoms with Crippen molar-refractivity contribution in [1.82, 2.24) is 5.32 Å². The summed E-state index contributed by atoms with van der Waals surface area (Å²) in [6.45, 7) is 0.559. The molecule has 3 aromatic rings. The van der Waals surface area contributed by atoms with Crippen LogP contribution in [0.1, 0.15) is 26.3 Å². The van der Waals surface area contributed by atoms with Crippen molar-refractivity contribution >= 4 is 56.4 Å². The van der Waals surface area contributed by atoms with Crippen LogP contribution >= 0.6 is 28.1 Å². The molecule has 0 aromatic heterocycles. The molecule has 0 unspecified atom stereocenters. The van der Waals surface area contributed by atoms with E-state index in [4.69, 9.17) is 12.2 Å². The lowest BCUT2D eigenvalue weighted by molar-refractivity contribution is 0.0974. The van der Waals surface area contributed by atoms with Crippen LogP contribution in [0.2, 0.25) is 0 Å². The molecule has 7 heteroatoms. The highest BCUT2D eigenvalue weighted by Crippen LogP contribution is 2.28. The molecule has 1 heterocycles. The monoisotopic (exact) mass is 465 g/mol. The van der Waals surface area contributed by atoms with Gasteiger partial charge in [-0.25, -0.2) is 0 Å². The van der Waals surface area contributed by atoms with Crippen molar-refractivity contribution < 1.29 is 9.59 Å². The van der Waals surface area contributed by atoms with Gasteiger partial charge in [0, 0.05) is 27.0 Å². The third-order valence-electron chi connectivity index (χ3n) is 4.59. The molecule has 0 saturated carbocycles. The maximum absolute atomic E-state index is 12.6. The first-order valence-electron chi connectivity index (χ1n) is 8.89. The molecule has 2 amide bonds. The molecule has 1 aliphatic heterocycles. The second-order valence-corrected chi connectivity index (χ2v) is 7.83. The van der Waals surface area contributed by atoms with Crippen LogP contribution in [0.3, 0.4) is 0 Å². The van der Waals surface area contributed by atoms with Gasteiger partial charge < -0.3 is 10.2 Å². The molecule has 2 N–H and O–H groups in total. The largest absolute Gasteiger partial charge is 0.332 e. The molecule has 0 saturated heterocycles. The zero-order valence-electron chi connectivity index (χ0n) is 15.2. The number of fused-ring (bicyclic) bond motifs is 1. The van der Waals surface area contributed by atoms with E-state index in [0.29, 0.717) is 12.1 Å². The Morgan fingerprint density at radius 3 is 2.34 bits per heavy atom. The van der Waals surface area contributed by atoms with Gasteiger partial charge >= 0.3 is 0 Å². The van der Waals surface area contributed by atoms with Crippen LogP contribution in [0.5, 0.6) is 0 Å². The molecule has 4 rings (SSSR count). The van der Waals surface area contributed by atoms with Gasteiger partial charge in [-0.1, -0.05) is 34.1 Å². The fourth-order valence-electron chi connectivity index (χ4n) is 3.13. The molecule has 29 heavy (non-hydrogen) atoms. The fraction of sp³-hybridized carbons (Fsp3) is 0.0455. The minimum atomic E-state index is -0.285. The Kier molecular flexibility index (Phi) is 5.42. The zero-order chi connectivity index (χ0) is 20.4. The summed E-state index contributed by atoms with van der Waals surface area (Å²) in [5, 5.41) is 5.85. The quantitative estimate of drug-likeness (QED) is 0.548. The van der Waals surface area contributed by atoms with Crippen molar-refractivity contribution in [2.75, 3.05) is 10.2 Å². The highest BCUT2D eigenvalue weighted by atomic mass is 79.9. The lowest BCUT2D eigenvalue weighted by Crippen LogP contribution is -2.34. The predicted octanol–water partition coefficient (Wildman–Crippen LogP) is 4.74. The topological polar surface area (TPSA) is 61.4 Å². The molecule has 0 spiro atoms. The number of hydrogen-bond acceptors (Lipinski definition) is 3. The normalized spacial score (nSPS) is 12.4. The minimum Gasteiger partial charge on any atom is -0.332 e. The Morgan fingerprint density at radius 1 is 0.966 bits per heavy atom. The molecule has 0 bridgehead atoms. The standard InChI is InChI=1S/C22H16BrN3O2S/c23-16-7-5-14(6-8-16)20(27)25-22(29)24-17-9-11-18(12-10-17)26-13-15-3-1-2-4-19(15)21(26)28/h1-12H,13H2,(H2,24,25,27,29). The molecule has 0 atom stereocenters. The number of anilines is 2. The van der Waals surface area contributed by atoms with E-state index in [1.54, 1.807) is 29.2 Å². The second-order valence-electron chi connectivity index (χ2n) is 6.51. The molecule has 5 nitrogen and oxygen atoms in total. The van der Waals surface area contributed by atoms with Gasteiger partial charge in [0.1, 0.15) is 0 Å². The number of thiocarbonyl (C=S) groups is 1. The Bertz CT molecular complexity index is 1100. The van der Waals surface area contributed by atoms with Crippen molar-refractivity contribution in [3.63, 3.8) is 0 Å². The van der Waals surface area contributed by atoms with Crippen molar-refractivity contribution in [2.24, 2.45) is 0 Å². The van der Waals surface area contributed by atoms with Gasteiger partial charge in [-0.15, -0.1) is 0 Å². The number of nitrogens with one attached hydrogen (secondary N) is 2. The van der Waals surface area contributed by atoms with Crippen LogP contribution in [0.25, 0.3) is 0 Å². The Morgan fingerprint density at radius 2 is 1.66 bits per heavy atom. The van der Waals surface area contributed by atoms with Crippen LogP contribution in [0, 0.1) is 0 Å². The Hall–Kier alpha value is -3.03. The smallest absolute Gasteiger partial charge is 0.258 e. The van der Waals surface area contributed by atoms with Crippen LogP contribution < -0.4 is 15.5 Å². The van der Waals surface area contributed by atoms with E-state index in [1.165, 1.54) is 0 Å². The van der Waals surface area contributed by atoms with Crippen molar-refractivity contribution in [2.45, 2.75) is 6.54 Å². The number of hydrogen-bond donors (Lipinski definition) is 2. The van der Waals surface area contributed by atoms with E-state index < -0.39 is 0 Å². The maximum Gasteiger partial charge on any atom is 0.258 e. The summed E-state index contributed by atoms with van der Waals surface area (Å²) in [5.74, 6) is -0.286.